The van der Waals surface area contributed by atoms with Crippen molar-refractivity contribution in [3.8, 4) is 17.2 Å². The molecule has 1 fully saturated rings. The SMILES string of the molecule is O=C1Cc2cc3c(cc2C(c2ccccc2OC2CC2)C1)OCO3. The summed E-state index contributed by atoms with van der Waals surface area (Å²) < 4.78 is 17.1. The Morgan fingerprint density at radius 2 is 1.79 bits per heavy atom. The number of rotatable bonds is 3. The molecular formula is C20H18O4. The van der Waals surface area contributed by atoms with E-state index in [1.807, 2.05) is 30.3 Å². The Hall–Kier alpha value is -2.49. The summed E-state index contributed by atoms with van der Waals surface area (Å²) in [4.78, 5) is 12.3. The van der Waals surface area contributed by atoms with Crippen molar-refractivity contribution in [2.75, 3.05) is 6.79 Å². The first-order chi connectivity index (χ1) is 11.8. The van der Waals surface area contributed by atoms with Gasteiger partial charge in [-0.2, -0.15) is 0 Å². The lowest BCUT2D eigenvalue weighted by atomic mass is 9.78. The topological polar surface area (TPSA) is 44.8 Å². The van der Waals surface area contributed by atoms with Crippen LogP contribution in [0.2, 0.25) is 0 Å². The molecule has 0 amide bonds. The Kier molecular flexibility index (Phi) is 3.05. The van der Waals surface area contributed by atoms with Crippen LogP contribution in [0.4, 0.5) is 0 Å². The summed E-state index contributed by atoms with van der Waals surface area (Å²) in [6, 6.07) is 12.1. The zero-order chi connectivity index (χ0) is 16.1. The Morgan fingerprint density at radius 1 is 1.00 bits per heavy atom. The molecule has 24 heavy (non-hydrogen) atoms. The Labute approximate surface area is 140 Å². The summed E-state index contributed by atoms with van der Waals surface area (Å²) in [7, 11) is 0. The van der Waals surface area contributed by atoms with Gasteiger partial charge < -0.3 is 14.2 Å². The lowest BCUT2D eigenvalue weighted by molar-refractivity contribution is -0.119. The molecule has 1 saturated carbocycles. The highest BCUT2D eigenvalue weighted by Gasteiger charge is 2.32. The van der Waals surface area contributed by atoms with Crippen molar-refractivity contribution in [3.05, 3.63) is 53.1 Å². The zero-order valence-corrected chi connectivity index (χ0v) is 13.3. The Balaban J connectivity index is 1.61. The third kappa shape index (κ3) is 2.33. The van der Waals surface area contributed by atoms with Crippen molar-refractivity contribution >= 4 is 5.78 Å². The van der Waals surface area contributed by atoms with Crippen LogP contribution >= 0.6 is 0 Å². The number of hydrogen-bond donors (Lipinski definition) is 0. The van der Waals surface area contributed by atoms with E-state index in [1.54, 1.807) is 0 Å². The molecule has 1 heterocycles. The molecule has 2 aromatic rings. The molecule has 5 rings (SSSR count). The first-order valence-corrected chi connectivity index (χ1v) is 8.47. The third-order valence-corrected chi connectivity index (χ3v) is 4.94. The fraction of sp³-hybridized carbons (Fsp3) is 0.350. The van der Waals surface area contributed by atoms with Crippen LogP contribution in [-0.4, -0.2) is 18.7 Å². The van der Waals surface area contributed by atoms with Crippen molar-refractivity contribution in [1.29, 1.82) is 0 Å². The lowest BCUT2D eigenvalue weighted by Gasteiger charge is -2.27. The maximum Gasteiger partial charge on any atom is 0.231 e. The van der Waals surface area contributed by atoms with E-state index < -0.39 is 0 Å². The standard InChI is InChI=1S/C20H18O4/c21-13-7-12-8-19-20(23-11-22-19)10-16(12)17(9-13)15-3-1-2-4-18(15)24-14-5-6-14/h1-4,8,10,14,17H,5-7,9,11H2. The van der Waals surface area contributed by atoms with Gasteiger partial charge in [0.2, 0.25) is 6.79 Å². The van der Waals surface area contributed by atoms with Gasteiger partial charge in [-0.3, -0.25) is 4.79 Å². The van der Waals surface area contributed by atoms with Gasteiger partial charge in [-0.25, -0.2) is 0 Å². The minimum Gasteiger partial charge on any atom is -0.490 e. The van der Waals surface area contributed by atoms with Gasteiger partial charge in [-0.15, -0.1) is 0 Å². The normalized spacial score (nSPS) is 21.5. The molecule has 2 aliphatic carbocycles. The molecule has 1 aliphatic heterocycles. The lowest BCUT2D eigenvalue weighted by Crippen LogP contribution is -2.20. The predicted molar refractivity (Wildman–Crippen MR) is 87.8 cm³/mol. The largest absolute Gasteiger partial charge is 0.490 e. The zero-order valence-electron chi connectivity index (χ0n) is 13.3. The van der Waals surface area contributed by atoms with Crippen LogP contribution in [0.25, 0.3) is 0 Å². The molecule has 0 spiro atoms. The molecule has 122 valence electrons. The number of benzene rings is 2. The van der Waals surface area contributed by atoms with E-state index in [0.29, 0.717) is 18.9 Å². The molecule has 0 N–H and O–H groups in total. The van der Waals surface area contributed by atoms with Crippen molar-refractivity contribution in [3.63, 3.8) is 0 Å². The van der Waals surface area contributed by atoms with E-state index in [1.165, 1.54) is 0 Å². The van der Waals surface area contributed by atoms with E-state index in [0.717, 1.165) is 46.8 Å². The van der Waals surface area contributed by atoms with Crippen LogP contribution in [0.1, 0.15) is 41.9 Å². The van der Waals surface area contributed by atoms with Crippen LogP contribution in [0.15, 0.2) is 36.4 Å². The molecule has 0 bridgehead atoms. The van der Waals surface area contributed by atoms with E-state index in [2.05, 4.69) is 6.07 Å². The molecule has 0 saturated heterocycles. The highest BCUT2D eigenvalue weighted by atomic mass is 16.7. The van der Waals surface area contributed by atoms with Gasteiger partial charge in [0.25, 0.3) is 0 Å². The quantitative estimate of drug-likeness (QED) is 0.866. The van der Waals surface area contributed by atoms with Gasteiger partial charge in [0, 0.05) is 24.3 Å². The second kappa shape index (κ2) is 5.26. The fourth-order valence-corrected chi connectivity index (χ4v) is 3.62. The molecule has 2 aromatic carbocycles. The van der Waals surface area contributed by atoms with Crippen LogP contribution in [0.5, 0.6) is 17.2 Å². The smallest absolute Gasteiger partial charge is 0.231 e. The van der Waals surface area contributed by atoms with E-state index >= 15 is 0 Å². The number of fused-ring (bicyclic) bond motifs is 2. The molecule has 1 unspecified atom stereocenters. The van der Waals surface area contributed by atoms with E-state index in [9.17, 15) is 4.79 Å². The van der Waals surface area contributed by atoms with Gasteiger partial charge in [-0.1, -0.05) is 18.2 Å². The molecular weight excluding hydrogens is 304 g/mol. The van der Waals surface area contributed by atoms with Crippen LogP contribution in [0, 0.1) is 0 Å². The van der Waals surface area contributed by atoms with Gasteiger partial charge in [0.1, 0.15) is 11.5 Å². The number of carbonyl (C=O) groups is 1. The van der Waals surface area contributed by atoms with Gasteiger partial charge >= 0.3 is 0 Å². The van der Waals surface area contributed by atoms with Crippen molar-refractivity contribution < 1.29 is 19.0 Å². The average molecular weight is 322 g/mol. The Bertz CT molecular complexity index is 822. The summed E-state index contributed by atoms with van der Waals surface area (Å²) in [5.41, 5.74) is 3.30. The second-order valence-corrected chi connectivity index (χ2v) is 6.73. The van der Waals surface area contributed by atoms with E-state index in [-0.39, 0.29) is 18.5 Å². The van der Waals surface area contributed by atoms with Gasteiger partial charge in [0.15, 0.2) is 11.5 Å². The van der Waals surface area contributed by atoms with Crippen LogP contribution < -0.4 is 14.2 Å². The number of ether oxygens (including phenoxy) is 3. The van der Waals surface area contributed by atoms with Crippen molar-refractivity contribution in [2.24, 2.45) is 0 Å². The molecule has 1 atom stereocenters. The van der Waals surface area contributed by atoms with Crippen molar-refractivity contribution in [1.82, 2.24) is 0 Å². The fourth-order valence-electron chi connectivity index (χ4n) is 3.62. The van der Waals surface area contributed by atoms with Crippen LogP contribution in [-0.2, 0) is 11.2 Å². The number of ketones is 1. The molecule has 0 radical (unpaired) electrons. The van der Waals surface area contributed by atoms with E-state index in [4.69, 9.17) is 14.2 Å². The minimum atomic E-state index is 0.0192. The van der Waals surface area contributed by atoms with Gasteiger partial charge in [-0.05, 0) is 42.2 Å². The average Bonchev–Trinajstić information content (AvgIpc) is 3.28. The minimum absolute atomic E-state index is 0.0192. The number of hydrogen-bond acceptors (Lipinski definition) is 4. The van der Waals surface area contributed by atoms with Crippen LogP contribution in [0.3, 0.4) is 0 Å². The summed E-state index contributed by atoms with van der Waals surface area (Å²) in [5, 5.41) is 0. The first kappa shape index (κ1) is 13.9. The predicted octanol–water partition coefficient (Wildman–Crippen LogP) is 3.60. The second-order valence-electron chi connectivity index (χ2n) is 6.73. The highest BCUT2D eigenvalue weighted by molar-refractivity contribution is 5.85. The monoisotopic (exact) mass is 322 g/mol. The number of Topliss-reactive ketones (excluding diaryl/α,β-unsaturated/α-hetero) is 1. The maximum absolute atomic E-state index is 12.3. The summed E-state index contributed by atoms with van der Waals surface area (Å²) in [6.45, 7) is 0.248. The molecule has 4 heteroatoms. The summed E-state index contributed by atoms with van der Waals surface area (Å²) >= 11 is 0. The highest BCUT2D eigenvalue weighted by Crippen LogP contribution is 2.45. The molecule has 0 aromatic heterocycles. The third-order valence-electron chi connectivity index (χ3n) is 4.94. The van der Waals surface area contributed by atoms with Crippen molar-refractivity contribution in [2.45, 2.75) is 37.7 Å². The maximum atomic E-state index is 12.3. The molecule has 3 aliphatic rings. The molecule has 4 nitrogen and oxygen atoms in total. The number of carbonyl (C=O) groups excluding carboxylic acids is 1. The summed E-state index contributed by atoms with van der Waals surface area (Å²) in [6.07, 6.45) is 3.55. The number of para-hydroxylation sites is 1. The van der Waals surface area contributed by atoms with Gasteiger partial charge in [0.05, 0.1) is 6.10 Å². The Morgan fingerprint density at radius 3 is 2.62 bits per heavy atom. The summed E-state index contributed by atoms with van der Waals surface area (Å²) in [5.74, 6) is 2.69. The first-order valence-electron chi connectivity index (χ1n) is 8.47.